The SMILES string of the molecule is COCCNC(=O)Cc1cn2c(n1)[C@H](C)N(C(=O)c1oc3ccccc3c1C)CC2. The van der Waals surface area contributed by atoms with Gasteiger partial charge in [0.05, 0.1) is 24.8 Å². The fraction of sp³-hybridized carbons (Fsp3) is 0.409. The van der Waals surface area contributed by atoms with Crippen LogP contribution in [0, 0.1) is 6.92 Å². The molecule has 1 aromatic carbocycles. The largest absolute Gasteiger partial charge is 0.451 e. The third-order valence-electron chi connectivity index (χ3n) is 5.55. The Morgan fingerprint density at radius 3 is 2.87 bits per heavy atom. The number of hydrogen-bond donors (Lipinski definition) is 1. The fourth-order valence-electron chi connectivity index (χ4n) is 3.94. The molecular weight excluding hydrogens is 384 g/mol. The molecular formula is C22H26N4O4. The van der Waals surface area contributed by atoms with Gasteiger partial charge in [-0.15, -0.1) is 0 Å². The Bertz CT molecular complexity index is 1080. The minimum Gasteiger partial charge on any atom is -0.451 e. The van der Waals surface area contributed by atoms with E-state index in [2.05, 4.69) is 10.3 Å². The van der Waals surface area contributed by atoms with E-state index in [0.717, 1.165) is 16.8 Å². The predicted molar refractivity (Wildman–Crippen MR) is 111 cm³/mol. The molecule has 0 bridgehead atoms. The van der Waals surface area contributed by atoms with Crippen molar-refractivity contribution in [3.63, 3.8) is 0 Å². The molecule has 0 aliphatic carbocycles. The molecule has 3 heterocycles. The van der Waals surface area contributed by atoms with Gasteiger partial charge in [-0.05, 0) is 19.9 Å². The number of methoxy groups -OCH3 is 1. The smallest absolute Gasteiger partial charge is 0.290 e. The molecule has 0 spiro atoms. The number of ether oxygens (including phenoxy) is 1. The molecule has 0 saturated carbocycles. The molecule has 30 heavy (non-hydrogen) atoms. The highest BCUT2D eigenvalue weighted by molar-refractivity contribution is 5.99. The molecule has 3 aromatic rings. The van der Waals surface area contributed by atoms with Crippen LogP contribution >= 0.6 is 0 Å². The van der Waals surface area contributed by atoms with Crippen LogP contribution in [0.2, 0.25) is 0 Å². The third-order valence-corrected chi connectivity index (χ3v) is 5.55. The molecule has 8 nitrogen and oxygen atoms in total. The first-order chi connectivity index (χ1) is 14.5. The number of benzene rings is 1. The van der Waals surface area contributed by atoms with Gasteiger partial charge in [0.1, 0.15) is 11.4 Å². The third kappa shape index (κ3) is 3.70. The van der Waals surface area contributed by atoms with E-state index in [-0.39, 0.29) is 24.3 Å². The van der Waals surface area contributed by atoms with Gasteiger partial charge < -0.3 is 23.9 Å². The molecule has 1 aliphatic rings. The molecule has 1 atom stereocenters. The van der Waals surface area contributed by atoms with Gasteiger partial charge in [-0.1, -0.05) is 18.2 Å². The van der Waals surface area contributed by atoms with Crippen molar-refractivity contribution < 1.29 is 18.7 Å². The van der Waals surface area contributed by atoms with Gasteiger partial charge >= 0.3 is 0 Å². The van der Waals surface area contributed by atoms with Crippen LogP contribution in [0.5, 0.6) is 0 Å². The number of imidazole rings is 1. The normalized spacial score (nSPS) is 16.0. The number of hydrogen-bond acceptors (Lipinski definition) is 5. The Hall–Kier alpha value is -3.13. The highest BCUT2D eigenvalue weighted by Gasteiger charge is 2.33. The molecule has 158 valence electrons. The number of furan rings is 1. The molecule has 8 heteroatoms. The lowest BCUT2D eigenvalue weighted by Gasteiger charge is -2.33. The summed E-state index contributed by atoms with van der Waals surface area (Å²) in [5, 5.41) is 3.75. The summed E-state index contributed by atoms with van der Waals surface area (Å²) in [4.78, 5) is 31.8. The van der Waals surface area contributed by atoms with Gasteiger partial charge in [-0.2, -0.15) is 0 Å². The molecule has 0 unspecified atom stereocenters. The van der Waals surface area contributed by atoms with Crippen LogP contribution in [0.3, 0.4) is 0 Å². The van der Waals surface area contributed by atoms with Crippen molar-refractivity contribution in [2.24, 2.45) is 0 Å². The lowest BCUT2D eigenvalue weighted by molar-refractivity contribution is -0.120. The summed E-state index contributed by atoms with van der Waals surface area (Å²) in [5.41, 5.74) is 2.26. The van der Waals surface area contributed by atoms with Crippen LogP contribution in [0.15, 0.2) is 34.9 Å². The number of carbonyl (C=O) groups excluding carboxylic acids is 2. The number of rotatable bonds is 6. The molecule has 4 rings (SSSR count). The van der Waals surface area contributed by atoms with Crippen LogP contribution < -0.4 is 5.32 Å². The summed E-state index contributed by atoms with van der Waals surface area (Å²) in [6.07, 6.45) is 2.10. The van der Waals surface area contributed by atoms with Gasteiger partial charge in [-0.25, -0.2) is 4.98 Å². The quantitative estimate of drug-likeness (QED) is 0.631. The number of para-hydroxylation sites is 1. The summed E-state index contributed by atoms with van der Waals surface area (Å²) < 4.78 is 12.8. The van der Waals surface area contributed by atoms with Crippen LogP contribution in [0.25, 0.3) is 11.0 Å². The van der Waals surface area contributed by atoms with Gasteiger partial charge in [0.25, 0.3) is 5.91 Å². The average Bonchev–Trinajstić information content (AvgIpc) is 3.29. The van der Waals surface area contributed by atoms with Crippen molar-refractivity contribution in [1.82, 2.24) is 19.8 Å². The summed E-state index contributed by atoms with van der Waals surface area (Å²) in [7, 11) is 1.59. The molecule has 2 aromatic heterocycles. The Labute approximate surface area is 174 Å². The van der Waals surface area contributed by atoms with E-state index in [9.17, 15) is 9.59 Å². The van der Waals surface area contributed by atoms with E-state index in [4.69, 9.17) is 9.15 Å². The van der Waals surface area contributed by atoms with Crippen LogP contribution in [0.1, 0.15) is 40.6 Å². The number of aromatic nitrogens is 2. The van der Waals surface area contributed by atoms with E-state index in [1.54, 1.807) is 12.0 Å². The highest BCUT2D eigenvalue weighted by atomic mass is 16.5. The van der Waals surface area contributed by atoms with Gasteiger partial charge in [0, 0.05) is 43.9 Å². The minimum absolute atomic E-state index is 0.0963. The number of nitrogens with zero attached hydrogens (tertiary/aromatic N) is 3. The number of amides is 2. The second kappa shape index (κ2) is 8.31. The first-order valence-corrected chi connectivity index (χ1v) is 10.1. The number of nitrogens with one attached hydrogen (secondary N) is 1. The number of fused-ring (bicyclic) bond motifs is 2. The van der Waals surface area contributed by atoms with Crippen molar-refractivity contribution >= 4 is 22.8 Å². The van der Waals surface area contributed by atoms with Crippen LogP contribution in [0.4, 0.5) is 0 Å². The maximum atomic E-state index is 13.3. The van der Waals surface area contributed by atoms with Crippen molar-refractivity contribution in [3.8, 4) is 0 Å². The zero-order chi connectivity index (χ0) is 21.3. The van der Waals surface area contributed by atoms with E-state index in [1.807, 2.05) is 48.9 Å². The molecule has 0 fully saturated rings. The van der Waals surface area contributed by atoms with E-state index >= 15 is 0 Å². The highest BCUT2D eigenvalue weighted by Crippen LogP contribution is 2.30. The Kier molecular flexibility index (Phi) is 5.59. The van der Waals surface area contributed by atoms with Crippen LogP contribution in [-0.2, 0) is 22.5 Å². The van der Waals surface area contributed by atoms with E-state index in [1.165, 1.54) is 0 Å². The number of aryl methyl sites for hydroxylation is 1. The maximum Gasteiger partial charge on any atom is 0.290 e. The monoisotopic (exact) mass is 410 g/mol. The second-order valence-electron chi connectivity index (χ2n) is 7.53. The zero-order valence-electron chi connectivity index (χ0n) is 17.5. The fourth-order valence-corrected chi connectivity index (χ4v) is 3.94. The molecule has 1 aliphatic heterocycles. The van der Waals surface area contributed by atoms with Crippen LogP contribution in [-0.4, -0.2) is 53.1 Å². The molecule has 1 N–H and O–H groups in total. The summed E-state index contributed by atoms with van der Waals surface area (Å²) in [6.45, 7) is 5.99. The minimum atomic E-state index is -0.218. The lowest BCUT2D eigenvalue weighted by atomic mass is 10.1. The Morgan fingerprint density at radius 1 is 1.30 bits per heavy atom. The Balaban J connectivity index is 1.51. The summed E-state index contributed by atoms with van der Waals surface area (Å²) in [6, 6.07) is 7.44. The van der Waals surface area contributed by atoms with Crippen molar-refractivity contribution in [3.05, 3.63) is 53.3 Å². The first kappa shape index (κ1) is 20.2. The van der Waals surface area contributed by atoms with Gasteiger partial charge in [-0.3, -0.25) is 9.59 Å². The maximum absolute atomic E-state index is 13.3. The molecule has 2 amide bonds. The summed E-state index contributed by atoms with van der Waals surface area (Å²) >= 11 is 0. The van der Waals surface area contributed by atoms with E-state index < -0.39 is 0 Å². The lowest BCUT2D eigenvalue weighted by Crippen LogP contribution is -2.41. The average molecular weight is 410 g/mol. The topological polar surface area (TPSA) is 89.6 Å². The van der Waals surface area contributed by atoms with Crippen molar-refractivity contribution in [2.45, 2.75) is 32.9 Å². The van der Waals surface area contributed by atoms with Crippen molar-refractivity contribution in [2.75, 3.05) is 26.8 Å². The van der Waals surface area contributed by atoms with Gasteiger partial charge in [0.15, 0.2) is 5.76 Å². The van der Waals surface area contributed by atoms with Crippen molar-refractivity contribution in [1.29, 1.82) is 0 Å². The molecule has 0 radical (unpaired) electrons. The van der Waals surface area contributed by atoms with E-state index in [0.29, 0.717) is 43.3 Å². The number of carbonyl (C=O) groups is 2. The first-order valence-electron chi connectivity index (χ1n) is 10.1. The van der Waals surface area contributed by atoms with Gasteiger partial charge in [0.2, 0.25) is 5.91 Å². The predicted octanol–water partition coefficient (Wildman–Crippen LogP) is 2.46. The second-order valence-corrected chi connectivity index (χ2v) is 7.53. The Morgan fingerprint density at radius 2 is 2.10 bits per heavy atom. The summed E-state index contributed by atoms with van der Waals surface area (Å²) in [5.74, 6) is 0.925. The zero-order valence-corrected chi connectivity index (χ0v) is 17.5. The molecule has 0 saturated heterocycles. The standard InChI is InChI=1S/C22H26N4O4/c1-14-17-6-4-5-7-18(17)30-20(14)22(28)26-10-9-25-13-16(24-21(25)15(26)2)12-19(27)23-8-11-29-3/h4-7,13,15H,8-12H2,1-3H3,(H,23,27)/t15-/m0/s1.